The molecule has 0 aliphatic carbocycles. The average molecular weight is 249 g/mol. The Morgan fingerprint density at radius 3 is 3.00 bits per heavy atom. The molecule has 2 atom stereocenters. The summed E-state index contributed by atoms with van der Waals surface area (Å²) in [6.07, 6.45) is 3.58. The monoisotopic (exact) mass is 249 g/mol. The van der Waals surface area contributed by atoms with E-state index < -0.39 is 0 Å². The van der Waals surface area contributed by atoms with Crippen molar-refractivity contribution in [3.63, 3.8) is 0 Å². The average Bonchev–Trinajstić information content (AvgIpc) is 2.39. The Hall–Kier alpha value is -1.42. The van der Waals surface area contributed by atoms with Gasteiger partial charge in [0.1, 0.15) is 5.82 Å². The van der Waals surface area contributed by atoms with E-state index in [2.05, 4.69) is 5.32 Å². The molecule has 1 fully saturated rings. The Balaban J connectivity index is 1.94. The number of halogens is 1. The molecule has 4 heteroatoms. The number of carbonyl (C=O) groups excluding carboxylic acids is 1. The normalized spacial score (nSPS) is 27.5. The molecule has 2 unspecified atom stereocenters. The maximum atomic E-state index is 13.4. The molecule has 1 N–H and O–H groups in total. The first-order valence-corrected chi connectivity index (χ1v) is 6.45. The molecule has 3 rings (SSSR count). The molecule has 2 heterocycles. The third kappa shape index (κ3) is 2.12. The van der Waals surface area contributed by atoms with Crippen molar-refractivity contribution in [1.82, 2.24) is 0 Å². The van der Waals surface area contributed by atoms with Crippen molar-refractivity contribution in [3.05, 3.63) is 29.6 Å². The maximum absolute atomic E-state index is 13.4. The Bertz CT molecular complexity index is 469. The van der Waals surface area contributed by atoms with Crippen LogP contribution >= 0.6 is 0 Å². The molecule has 0 bridgehead atoms. The van der Waals surface area contributed by atoms with Crippen molar-refractivity contribution in [2.24, 2.45) is 0 Å². The number of anilines is 1. The first kappa shape index (κ1) is 11.7. The number of hydrogen-bond donors (Lipinski definition) is 1. The van der Waals surface area contributed by atoms with Crippen molar-refractivity contribution < 1.29 is 13.9 Å². The molecule has 0 aromatic heterocycles. The quantitative estimate of drug-likeness (QED) is 0.831. The maximum Gasteiger partial charge on any atom is 0.225 e. The SMILES string of the molecule is O=C1CC(C2CCCCO2)c2cc(F)ccc2N1. The summed E-state index contributed by atoms with van der Waals surface area (Å²) in [5, 5.41) is 2.80. The lowest BCUT2D eigenvalue weighted by molar-refractivity contribution is -0.118. The van der Waals surface area contributed by atoms with Crippen LogP contribution in [0.25, 0.3) is 0 Å². The number of carbonyl (C=O) groups is 1. The van der Waals surface area contributed by atoms with Gasteiger partial charge in [-0.2, -0.15) is 0 Å². The van der Waals surface area contributed by atoms with Crippen LogP contribution in [-0.2, 0) is 9.53 Å². The molecular weight excluding hydrogens is 233 g/mol. The third-order valence-corrected chi connectivity index (χ3v) is 3.76. The number of rotatable bonds is 1. The zero-order chi connectivity index (χ0) is 12.5. The van der Waals surface area contributed by atoms with Gasteiger partial charge in [0.25, 0.3) is 0 Å². The summed E-state index contributed by atoms with van der Waals surface area (Å²) in [5.74, 6) is -0.274. The Kier molecular flexibility index (Phi) is 3.04. The van der Waals surface area contributed by atoms with Crippen LogP contribution in [-0.4, -0.2) is 18.6 Å². The highest BCUT2D eigenvalue weighted by molar-refractivity contribution is 5.94. The summed E-state index contributed by atoms with van der Waals surface area (Å²) in [7, 11) is 0. The van der Waals surface area contributed by atoms with Gasteiger partial charge in [-0.25, -0.2) is 4.39 Å². The van der Waals surface area contributed by atoms with E-state index in [9.17, 15) is 9.18 Å². The molecule has 0 saturated carbocycles. The van der Waals surface area contributed by atoms with Crippen molar-refractivity contribution in [1.29, 1.82) is 0 Å². The number of ether oxygens (including phenoxy) is 1. The van der Waals surface area contributed by atoms with Gasteiger partial charge in [0.15, 0.2) is 0 Å². The molecule has 18 heavy (non-hydrogen) atoms. The highest BCUT2D eigenvalue weighted by Gasteiger charge is 2.33. The number of amides is 1. The van der Waals surface area contributed by atoms with Gasteiger partial charge in [-0.3, -0.25) is 4.79 Å². The Morgan fingerprint density at radius 1 is 1.33 bits per heavy atom. The fraction of sp³-hybridized carbons (Fsp3) is 0.500. The van der Waals surface area contributed by atoms with Crippen molar-refractivity contribution in [3.8, 4) is 0 Å². The first-order valence-electron chi connectivity index (χ1n) is 6.45. The highest BCUT2D eigenvalue weighted by atomic mass is 19.1. The second-order valence-electron chi connectivity index (χ2n) is 5.00. The molecule has 0 radical (unpaired) electrons. The standard InChI is InChI=1S/C14H16FNO2/c15-9-4-5-12-10(7-9)11(8-14(17)16-12)13-3-1-2-6-18-13/h4-5,7,11,13H,1-3,6,8H2,(H,16,17). The largest absolute Gasteiger partial charge is 0.378 e. The summed E-state index contributed by atoms with van der Waals surface area (Å²) in [6, 6.07) is 4.54. The van der Waals surface area contributed by atoms with Gasteiger partial charge in [-0.1, -0.05) is 0 Å². The number of fused-ring (bicyclic) bond motifs is 1. The second kappa shape index (κ2) is 4.69. The first-order chi connectivity index (χ1) is 8.74. The van der Waals surface area contributed by atoms with Crippen LogP contribution in [0.2, 0.25) is 0 Å². The molecule has 2 aliphatic rings. The molecule has 1 saturated heterocycles. The Labute approximate surface area is 105 Å². The van der Waals surface area contributed by atoms with Crippen LogP contribution < -0.4 is 5.32 Å². The Morgan fingerprint density at radius 2 is 2.22 bits per heavy atom. The number of benzene rings is 1. The summed E-state index contributed by atoms with van der Waals surface area (Å²) in [4.78, 5) is 11.7. The molecule has 3 nitrogen and oxygen atoms in total. The van der Waals surface area contributed by atoms with Crippen LogP contribution in [0.5, 0.6) is 0 Å². The molecule has 1 aromatic rings. The summed E-state index contributed by atoms with van der Waals surface area (Å²) in [6.45, 7) is 0.743. The van der Waals surface area contributed by atoms with Gasteiger partial charge >= 0.3 is 0 Å². The minimum atomic E-state index is -0.259. The number of nitrogens with one attached hydrogen (secondary N) is 1. The van der Waals surface area contributed by atoms with Crippen LogP contribution in [0.1, 0.15) is 37.2 Å². The van der Waals surface area contributed by atoms with Crippen molar-refractivity contribution in [2.45, 2.75) is 37.7 Å². The minimum absolute atomic E-state index is 0.00622. The predicted octanol–water partition coefficient (Wildman–Crippen LogP) is 2.82. The van der Waals surface area contributed by atoms with Gasteiger partial charge in [-0.15, -0.1) is 0 Å². The van der Waals surface area contributed by atoms with Crippen LogP contribution in [0.3, 0.4) is 0 Å². The minimum Gasteiger partial charge on any atom is -0.378 e. The zero-order valence-corrected chi connectivity index (χ0v) is 10.1. The predicted molar refractivity (Wildman–Crippen MR) is 66.0 cm³/mol. The summed E-state index contributed by atoms with van der Waals surface area (Å²) in [5.41, 5.74) is 1.60. The summed E-state index contributed by atoms with van der Waals surface area (Å²) >= 11 is 0. The second-order valence-corrected chi connectivity index (χ2v) is 5.00. The third-order valence-electron chi connectivity index (χ3n) is 3.76. The smallest absolute Gasteiger partial charge is 0.225 e. The molecule has 96 valence electrons. The lowest BCUT2D eigenvalue weighted by Crippen LogP contribution is -2.33. The van der Waals surface area contributed by atoms with E-state index in [1.54, 1.807) is 6.07 Å². The van der Waals surface area contributed by atoms with E-state index in [1.807, 2.05) is 0 Å². The highest BCUT2D eigenvalue weighted by Crippen LogP contribution is 2.38. The fourth-order valence-electron chi connectivity index (χ4n) is 2.88. The zero-order valence-electron chi connectivity index (χ0n) is 10.1. The fourth-order valence-corrected chi connectivity index (χ4v) is 2.88. The van der Waals surface area contributed by atoms with E-state index in [1.165, 1.54) is 12.1 Å². The van der Waals surface area contributed by atoms with E-state index in [0.29, 0.717) is 6.42 Å². The van der Waals surface area contributed by atoms with Gasteiger partial charge in [0.05, 0.1) is 6.10 Å². The molecule has 1 amide bonds. The molecular formula is C14H16FNO2. The number of hydrogen-bond acceptors (Lipinski definition) is 2. The van der Waals surface area contributed by atoms with E-state index >= 15 is 0 Å². The molecule has 2 aliphatic heterocycles. The molecule has 0 spiro atoms. The van der Waals surface area contributed by atoms with Crippen molar-refractivity contribution >= 4 is 11.6 Å². The van der Waals surface area contributed by atoms with Crippen LogP contribution in [0, 0.1) is 5.82 Å². The van der Waals surface area contributed by atoms with Gasteiger partial charge in [0, 0.05) is 24.6 Å². The molecule has 1 aromatic carbocycles. The van der Waals surface area contributed by atoms with E-state index in [0.717, 1.165) is 37.1 Å². The summed E-state index contributed by atoms with van der Waals surface area (Å²) < 4.78 is 19.1. The van der Waals surface area contributed by atoms with E-state index in [4.69, 9.17) is 4.74 Å². The lowest BCUT2D eigenvalue weighted by atomic mass is 9.83. The van der Waals surface area contributed by atoms with Crippen molar-refractivity contribution in [2.75, 3.05) is 11.9 Å². The van der Waals surface area contributed by atoms with Gasteiger partial charge in [-0.05, 0) is 43.0 Å². The van der Waals surface area contributed by atoms with Gasteiger partial charge in [0.2, 0.25) is 5.91 Å². The van der Waals surface area contributed by atoms with Gasteiger partial charge < -0.3 is 10.1 Å². The lowest BCUT2D eigenvalue weighted by Gasteiger charge is -2.34. The van der Waals surface area contributed by atoms with Crippen LogP contribution in [0.4, 0.5) is 10.1 Å². The topological polar surface area (TPSA) is 38.3 Å². The van der Waals surface area contributed by atoms with Crippen LogP contribution in [0.15, 0.2) is 18.2 Å². The van der Waals surface area contributed by atoms with E-state index in [-0.39, 0.29) is 23.7 Å².